The standard InChI is InChI=1S/C10H19F3N2/c11-10(12,13)4-2-6-15-8-9-3-1-5-14-7-9/h9,14-15H,1-8H2. The summed E-state index contributed by atoms with van der Waals surface area (Å²) >= 11 is 0. The minimum absolute atomic E-state index is 0.184. The van der Waals surface area contributed by atoms with E-state index >= 15 is 0 Å². The van der Waals surface area contributed by atoms with E-state index in [0.717, 1.165) is 19.6 Å². The van der Waals surface area contributed by atoms with Gasteiger partial charge in [0.25, 0.3) is 0 Å². The number of rotatable bonds is 5. The van der Waals surface area contributed by atoms with Gasteiger partial charge < -0.3 is 10.6 Å². The summed E-state index contributed by atoms with van der Waals surface area (Å²) in [6.07, 6.45) is -2.14. The molecule has 1 aliphatic rings. The van der Waals surface area contributed by atoms with E-state index in [2.05, 4.69) is 10.6 Å². The van der Waals surface area contributed by atoms with Crippen LogP contribution >= 0.6 is 0 Å². The van der Waals surface area contributed by atoms with Gasteiger partial charge in [0.15, 0.2) is 0 Å². The van der Waals surface area contributed by atoms with Gasteiger partial charge in [0.2, 0.25) is 0 Å². The average molecular weight is 224 g/mol. The summed E-state index contributed by atoms with van der Waals surface area (Å²) in [5.74, 6) is 0.588. The van der Waals surface area contributed by atoms with Crippen molar-refractivity contribution in [1.82, 2.24) is 10.6 Å². The van der Waals surface area contributed by atoms with Crippen molar-refractivity contribution in [3.8, 4) is 0 Å². The van der Waals surface area contributed by atoms with E-state index in [4.69, 9.17) is 0 Å². The van der Waals surface area contributed by atoms with Gasteiger partial charge in [-0.05, 0) is 51.4 Å². The maximum absolute atomic E-state index is 11.8. The summed E-state index contributed by atoms with van der Waals surface area (Å²) in [7, 11) is 0. The Morgan fingerprint density at radius 2 is 2.13 bits per heavy atom. The Bertz CT molecular complexity index is 165. The smallest absolute Gasteiger partial charge is 0.316 e. The highest BCUT2D eigenvalue weighted by Crippen LogP contribution is 2.20. The van der Waals surface area contributed by atoms with Crippen LogP contribution in [0.4, 0.5) is 13.2 Å². The van der Waals surface area contributed by atoms with E-state index in [-0.39, 0.29) is 6.42 Å². The van der Waals surface area contributed by atoms with Crippen molar-refractivity contribution in [3.63, 3.8) is 0 Å². The summed E-state index contributed by atoms with van der Waals surface area (Å²) in [6, 6.07) is 0. The number of alkyl halides is 3. The van der Waals surface area contributed by atoms with Gasteiger partial charge in [-0.2, -0.15) is 13.2 Å². The first-order chi connectivity index (χ1) is 7.08. The lowest BCUT2D eigenvalue weighted by Crippen LogP contribution is -2.36. The van der Waals surface area contributed by atoms with Gasteiger partial charge in [0, 0.05) is 6.42 Å². The van der Waals surface area contributed by atoms with Gasteiger partial charge in [-0.3, -0.25) is 0 Å². The second kappa shape index (κ2) is 6.33. The molecular formula is C10H19F3N2. The predicted octanol–water partition coefficient (Wildman–Crippen LogP) is 1.92. The van der Waals surface area contributed by atoms with Crippen molar-refractivity contribution in [2.75, 3.05) is 26.2 Å². The van der Waals surface area contributed by atoms with Crippen LogP contribution in [-0.2, 0) is 0 Å². The number of hydrogen-bond donors (Lipinski definition) is 2. The van der Waals surface area contributed by atoms with Gasteiger partial charge in [-0.1, -0.05) is 0 Å². The molecule has 5 heteroatoms. The maximum atomic E-state index is 11.8. The lowest BCUT2D eigenvalue weighted by Gasteiger charge is -2.22. The van der Waals surface area contributed by atoms with Crippen LogP contribution in [0, 0.1) is 5.92 Å². The number of hydrogen-bond acceptors (Lipinski definition) is 2. The lowest BCUT2D eigenvalue weighted by atomic mass is 10.00. The van der Waals surface area contributed by atoms with E-state index in [9.17, 15) is 13.2 Å². The first-order valence-electron chi connectivity index (χ1n) is 5.56. The molecule has 0 aromatic carbocycles. The van der Waals surface area contributed by atoms with Gasteiger partial charge in [-0.25, -0.2) is 0 Å². The maximum Gasteiger partial charge on any atom is 0.389 e. The molecule has 1 fully saturated rings. The van der Waals surface area contributed by atoms with Crippen molar-refractivity contribution in [2.45, 2.75) is 31.9 Å². The molecule has 15 heavy (non-hydrogen) atoms. The van der Waals surface area contributed by atoms with Crippen LogP contribution in [0.5, 0.6) is 0 Å². The minimum Gasteiger partial charge on any atom is -0.316 e. The number of piperidine rings is 1. The van der Waals surface area contributed by atoms with Crippen molar-refractivity contribution in [1.29, 1.82) is 0 Å². The Hall–Kier alpha value is -0.290. The molecule has 2 N–H and O–H groups in total. The van der Waals surface area contributed by atoms with Crippen molar-refractivity contribution in [2.24, 2.45) is 5.92 Å². The molecule has 2 nitrogen and oxygen atoms in total. The van der Waals surface area contributed by atoms with Crippen molar-refractivity contribution < 1.29 is 13.2 Å². The molecule has 0 aliphatic carbocycles. The molecule has 1 atom stereocenters. The molecule has 1 unspecified atom stereocenters. The Morgan fingerprint density at radius 1 is 1.33 bits per heavy atom. The molecule has 0 amide bonds. The fourth-order valence-corrected chi connectivity index (χ4v) is 1.82. The third kappa shape index (κ3) is 6.73. The zero-order valence-corrected chi connectivity index (χ0v) is 8.87. The highest BCUT2D eigenvalue weighted by Gasteiger charge is 2.25. The molecule has 1 aliphatic heterocycles. The van der Waals surface area contributed by atoms with Gasteiger partial charge in [0.1, 0.15) is 0 Å². The molecular weight excluding hydrogens is 205 g/mol. The highest BCUT2D eigenvalue weighted by molar-refractivity contribution is 4.70. The SMILES string of the molecule is FC(F)(F)CCCNCC1CCCNC1. The van der Waals surface area contributed by atoms with E-state index in [1.165, 1.54) is 12.8 Å². The van der Waals surface area contributed by atoms with Crippen LogP contribution in [-0.4, -0.2) is 32.4 Å². The second-order valence-electron chi connectivity index (χ2n) is 4.14. The Kier molecular flexibility index (Phi) is 5.39. The van der Waals surface area contributed by atoms with Crippen molar-refractivity contribution >= 4 is 0 Å². The third-order valence-corrected chi connectivity index (χ3v) is 2.65. The normalized spacial score (nSPS) is 23.0. The minimum atomic E-state index is -4.01. The summed E-state index contributed by atoms with van der Waals surface area (Å²) in [6.45, 7) is 3.37. The van der Waals surface area contributed by atoms with E-state index < -0.39 is 12.6 Å². The molecule has 0 saturated carbocycles. The van der Waals surface area contributed by atoms with E-state index in [1.54, 1.807) is 0 Å². The van der Waals surface area contributed by atoms with Gasteiger partial charge in [-0.15, -0.1) is 0 Å². The fraction of sp³-hybridized carbons (Fsp3) is 1.00. The second-order valence-corrected chi connectivity index (χ2v) is 4.14. The molecule has 0 bridgehead atoms. The number of halogens is 3. The Morgan fingerprint density at radius 3 is 2.73 bits per heavy atom. The van der Waals surface area contributed by atoms with Crippen LogP contribution in [0.25, 0.3) is 0 Å². The molecule has 0 spiro atoms. The molecule has 0 aromatic heterocycles. The molecule has 90 valence electrons. The number of nitrogens with one attached hydrogen (secondary N) is 2. The first-order valence-corrected chi connectivity index (χ1v) is 5.56. The monoisotopic (exact) mass is 224 g/mol. The van der Waals surface area contributed by atoms with Crippen LogP contribution < -0.4 is 10.6 Å². The van der Waals surface area contributed by atoms with Crippen molar-refractivity contribution in [3.05, 3.63) is 0 Å². The molecule has 1 saturated heterocycles. The molecule has 0 radical (unpaired) electrons. The van der Waals surface area contributed by atoms with Crippen LogP contribution in [0.1, 0.15) is 25.7 Å². The summed E-state index contributed by atoms with van der Waals surface area (Å²) in [5.41, 5.74) is 0. The first kappa shape index (κ1) is 12.8. The van der Waals surface area contributed by atoms with Crippen LogP contribution in [0.15, 0.2) is 0 Å². The zero-order valence-electron chi connectivity index (χ0n) is 8.87. The Balaban J connectivity index is 1.92. The molecule has 1 rings (SSSR count). The van der Waals surface area contributed by atoms with Crippen LogP contribution in [0.3, 0.4) is 0 Å². The Labute approximate surface area is 88.6 Å². The van der Waals surface area contributed by atoms with Crippen LogP contribution in [0.2, 0.25) is 0 Å². The van der Waals surface area contributed by atoms with E-state index in [1.807, 2.05) is 0 Å². The predicted molar refractivity (Wildman–Crippen MR) is 53.8 cm³/mol. The summed E-state index contributed by atoms with van der Waals surface area (Å²) in [4.78, 5) is 0. The average Bonchev–Trinajstić information content (AvgIpc) is 2.17. The summed E-state index contributed by atoms with van der Waals surface area (Å²) < 4.78 is 35.4. The highest BCUT2D eigenvalue weighted by atomic mass is 19.4. The van der Waals surface area contributed by atoms with E-state index in [0.29, 0.717) is 12.5 Å². The largest absolute Gasteiger partial charge is 0.389 e. The zero-order chi connectivity index (χ0) is 11.1. The quantitative estimate of drug-likeness (QED) is 0.697. The molecule has 1 heterocycles. The third-order valence-electron chi connectivity index (χ3n) is 2.65. The lowest BCUT2D eigenvalue weighted by molar-refractivity contribution is -0.135. The van der Waals surface area contributed by atoms with Gasteiger partial charge in [0.05, 0.1) is 0 Å². The summed E-state index contributed by atoms with van der Waals surface area (Å²) in [5, 5.41) is 6.37. The van der Waals surface area contributed by atoms with Gasteiger partial charge >= 0.3 is 6.18 Å². The molecule has 0 aromatic rings. The topological polar surface area (TPSA) is 24.1 Å². The fourth-order valence-electron chi connectivity index (χ4n) is 1.82.